The molecule has 1 aliphatic carbocycles. The molecule has 2 heteroatoms. The fourth-order valence-electron chi connectivity index (χ4n) is 2.72. The van der Waals surface area contributed by atoms with Crippen molar-refractivity contribution < 1.29 is 4.65 Å². The van der Waals surface area contributed by atoms with Crippen molar-refractivity contribution in [3.05, 3.63) is 0 Å². The van der Waals surface area contributed by atoms with Crippen molar-refractivity contribution in [2.24, 2.45) is 5.92 Å². The minimum Gasteiger partial charge on any atom is -0.438 e. The fourth-order valence-corrected chi connectivity index (χ4v) is 2.72. The normalized spacial score (nSPS) is 30.5. The highest BCUT2D eigenvalue weighted by atomic mass is 16.4. The van der Waals surface area contributed by atoms with Gasteiger partial charge >= 0.3 is 0 Å². The summed E-state index contributed by atoms with van der Waals surface area (Å²) < 4.78 is 5.66. The molecule has 0 saturated heterocycles. The monoisotopic (exact) mass is 182 g/mol. The maximum Gasteiger partial charge on any atom is 0.298 e. The van der Waals surface area contributed by atoms with E-state index in [2.05, 4.69) is 20.8 Å². The molecule has 13 heavy (non-hydrogen) atoms. The first kappa shape index (κ1) is 11.1. The molecule has 0 aromatic rings. The van der Waals surface area contributed by atoms with Gasteiger partial charge in [-0.2, -0.15) is 0 Å². The SMILES string of the molecule is CCC(C)B(OC)C1CCCC1C. The van der Waals surface area contributed by atoms with Crippen LogP contribution in [0.5, 0.6) is 0 Å². The van der Waals surface area contributed by atoms with Gasteiger partial charge in [-0.15, -0.1) is 0 Å². The van der Waals surface area contributed by atoms with E-state index in [-0.39, 0.29) is 0 Å². The summed E-state index contributed by atoms with van der Waals surface area (Å²) in [5.41, 5.74) is 0. The lowest BCUT2D eigenvalue weighted by Crippen LogP contribution is -2.29. The summed E-state index contributed by atoms with van der Waals surface area (Å²) in [5.74, 6) is 2.41. The van der Waals surface area contributed by atoms with Crippen LogP contribution >= 0.6 is 0 Å². The van der Waals surface area contributed by atoms with E-state index in [1.54, 1.807) is 0 Å². The zero-order valence-electron chi connectivity index (χ0n) is 9.55. The summed E-state index contributed by atoms with van der Waals surface area (Å²) in [6.07, 6.45) is 5.43. The Bertz CT molecular complexity index is 149. The van der Waals surface area contributed by atoms with Gasteiger partial charge in [-0.05, 0) is 17.6 Å². The summed E-state index contributed by atoms with van der Waals surface area (Å²) in [7, 11) is 1.88. The molecule has 76 valence electrons. The Labute approximate surface area is 83.4 Å². The average molecular weight is 182 g/mol. The zero-order chi connectivity index (χ0) is 9.84. The Kier molecular flexibility index (Phi) is 4.31. The molecule has 0 bridgehead atoms. The quantitative estimate of drug-likeness (QED) is 0.603. The molecule has 1 fully saturated rings. The molecule has 1 rings (SSSR count). The first-order valence-corrected chi connectivity index (χ1v) is 5.73. The van der Waals surface area contributed by atoms with Gasteiger partial charge in [-0.25, -0.2) is 0 Å². The van der Waals surface area contributed by atoms with E-state index in [1.165, 1.54) is 25.7 Å². The van der Waals surface area contributed by atoms with Crippen LogP contribution in [0.25, 0.3) is 0 Å². The number of rotatable bonds is 4. The van der Waals surface area contributed by atoms with Crippen LogP contribution < -0.4 is 0 Å². The molecule has 1 aliphatic rings. The van der Waals surface area contributed by atoms with E-state index in [4.69, 9.17) is 4.65 Å². The molecular formula is C11H23BO. The third kappa shape index (κ3) is 2.49. The molecule has 0 radical (unpaired) electrons. The predicted octanol–water partition coefficient (Wildman–Crippen LogP) is 3.61. The van der Waals surface area contributed by atoms with Crippen LogP contribution in [-0.2, 0) is 4.65 Å². The number of hydrogen-bond acceptors (Lipinski definition) is 1. The molecule has 3 atom stereocenters. The topological polar surface area (TPSA) is 9.23 Å². The lowest BCUT2D eigenvalue weighted by Gasteiger charge is -2.26. The molecular weight excluding hydrogens is 159 g/mol. The van der Waals surface area contributed by atoms with Crippen LogP contribution in [-0.4, -0.2) is 14.0 Å². The predicted molar refractivity (Wildman–Crippen MR) is 59.2 cm³/mol. The van der Waals surface area contributed by atoms with Crippen LogP contribution in [0.2, 0.25) is 11.6 Å². The second-order valence-corrected chi connectivity index (χ2v) is 4.66. The Morgan fingerprint density at radius 3 is 2.54 bits per heavy atom. The van der Waals surface area contributed by atoms with Gasteiger partial charge in [0.2, 0.25) is 0 Å². The molecule has 0 spiro atoms. The van der Waals surface area contributed by atoms with Crippen molar-refractivity contribution in [3.63, 3.8) is 0 Å². The summed E-state index contributed by atoms with van der Waals surface area (Å²) in [5, 5.41) is 0. The molecule has 1 nitrogen and oxygen atoms in total. The van der Waals surface area contributed by atoms with Gasteiger partial charge in [0.15, 0.2) is 0 Å². The Balaban J connectivity index is 2.54. The first-order valence-electron chi connectivity index (χ1n) is 5.73. The van der Waals surface area contributed by atoms with E-state index >= 15 is 0 Å². The average Bonchev–Trinajstić information content (AvgIpc) is 2.53. The number of hydrogen-bond donors (Lipinski definition) is 0. The molecule has 0 aromatic carbocycles. The third-order valence-electron chi connectivity index (χ3n) is 3.83. The first-order chi connectivity index (χ1) is 6.20. The van der Waals surface area contributed by atoms with Crippen LogP contribution in [0.3, 0.4) is 0 Å². The zero-order valence-corrected chi connectivity index (χ0v) is 9.55. The second kappa shape index (κ2) is 5.04. The van der Waals surface area contributed by atoms with Crippen molar-refractivity contribution in [2.75, 3.05) is 7.11 Å². The minimum absolute atomic E-state index is 0.502. The van der Waals surface area contributed by atoms with Crippen molar-refractivity contribution in [1.82, 2.24) is 0 Å². The third-order valence-corrected chi connectivity index (χ3v) is 3.83. The Hall–Kier alpha value is 0.0249. The smallest absolute Gasteiger partial charge is 0.298 e. The molecule has 1 saturated carbocycles. The van der Waals surface area contributed by atoms with E-state index in [9.17, 15) is 0 Å². The van der Waals surface area contributed by atoms with E-state index in [0.29, 0.717) is 6.92 Å². The molecule has 0 amide bonds. The Morgan fingerprint density at radius 2 is 2.15 bits per heavy atom. The Morgan fingerprint density at radius 1 is 1.46 bits per heavy atom. The van der Waals surface area contributed by atoms with Gasteiger partial charge < -0.3 is 4.65 Å². The van der Waals surface area contributed by atoms with Gasteiger partial charge in [-0.3, -0.25) is 0 Å². The van der Waals surface area contributed by atoms with E-state index in [0.717, 1.165) is 17.6 Å². The highest BCUT2D eigenvalue weighted by Crippen LogP contribution is 2.42. The van der Waals surface area contributed by atoms with Crippen molar-refractivity contribution in [2.45, 2.75) is 58.1 Å². The molecule has 0 aromatic heterocycles. The lowest BCUT2D eigenvalue weighted by atomic mass is 9.44. The van der Waals surface area contributed by atoms with Gasteiger partial charge in [0.25, 0.3) is 6.92 Å². The maximum absolute atomic E-state index is 5.66. The highest BCUT2D eigenvalue weighted by Gasteiger charge is 2.37. The highest BCUT2D eigenvalue weighted by molar-refractivity contribution is 6.55. The summed E-state index contributed by atoms with van der Waals surface area (Å²) >= 11 is 0. The second-order valence-electron chi connectivity index (χ2n) is 4.66. The molecule has 0 N–H and O–H groups in total. The van der Waals surface area contributed by atoms with Crippen LogP contribution in [0, 0.1) is 5.92 Å². The van der Waals surface area contributed by atoms with Gasteiger partial charge in [0, 0.05) is 7.11 Å². The van der Waals surface area contributed by atoms with E-state index < -0.39 is 0 Å². The van der Waals surface area contributed by atoms with Gasteiger partial charge in [-0.1, -0.05) is 46.5 Å². The molecule has 0 heterocycles. The van der Waals surface area contributed by atoms with Crippen LogP contribution in [0.1, 0.15) is 46.5 Å². The largest absolute Gasteiger partial charge is 0.438 e. The summed E-state index contributed by atoms with van der Waals surface area (Å²) in [6, 6.07) is 0. The lowest BCUT2D eigenvalue weighted by molar-refractivity contribution is 0.379. The van der Waals surface area contributed by atoms with Crippen molar-refractivity contribution in [3.8, 4) is 0 Å². The summed E-state index contributed by atoms with van der Waals surface area (Å²) in [6.45, 7) is 7.46. The van der Waals surface area contributed by atoms with Gasteiger partial charge in [0.05, 0.1) is 0 Å². The molecule has 3 unspecified atom stereocenters. The summed E-state index contributed by atoms with van der Waals surface area (Å²) in [4.78, 5) is 0. The minimum atomic E-state index is 0.502. The van der Waals surface area contributed by atoms with Gasteiger partial charge in [0.1, 0.15) is 0 Å². The maximum atomic E-state index is 5.66. The van der Waals surface area contributed by atoms with Crippen LogP contribution in [0.15, 0.2) is 0 Å². The standard InChI is InChI=1S/C11H23BO/c1-5-10(3)12(13-4)11-8-6-7-9(11)2/h9-11H,5-8H2,1-4H3. The molecule has 0 aliphatic heterocycles. The van der Waals surface area contributed by atoms with Crippen molar-refractivity contribution in [1.29, 1.82) is 0 Å². The van der Waals surface area contributed by atoms with E-state index in [1.807, 2.05) is 7.11 Å². The van der Waals surface area contributed by atoms with Crippen molar-refractivity contribution >= 4 is 6.92 Å². The van der Waals surface area contributed by atoms with Crippen LogP contribution in [0.4, 0.5) is 0 Å². The fraction of sp³-hybridized carbons (Fsp3) is 1.00.